The Labute approximate surface area is 91.5 Å². The van der Waals surface area contributed by atoms with Gasteiger partial charge in [0, 0.05) is 12.4 Å². The van der Waals surface area contributed by atoms with Crippen molar-refractivity contribution in [3.63, 3.8) is 0 Å². The van der Waals surface area contributed by atoms with Gasteiger partial charge in [-0.05, 0) is 0 Å². The SMILES string of the molecule is OC[C@H]1O[C@@H](n2ccnc2)[C@H](O)[C@@H](O)[C@H]1O. The van der Waals surface area contributed by atoms with Crippen molar-refractivity contribution in [1.82, 2.24) is 9.55 Å². The lowest BCUT2D eigenvalue weighted by Crippen LogP contribution is -2.56. The molecule has 0 spiro atoms. The molecular weight excluding hydrogens is 216 g/mol. The average molecular weight is 230 g/mol. The van der Waals surface area contributed by atoms with Gasteiger partial charge in [0.1, 0.15) is 24.4 Å². The van der Waals surface area contributed by atoms with Crippen LogP contribution in [0.4, 0.5) is 0 Å². The fourth-order valence-corrected chi connectivity index (χ4v) is 1.75. The standard InChI is InChI=1S/C9H14N2O5/c12-3-5-6(13)7(14)8(15)9(16-5)11-2-1-10-4-11/h1-2,4-9,12-15H,3H2/t5-,6+,7+,8-,9-/m1/s1. The van der Waals surface area contributed by atoms with E-state index in [1.807, 2.05) is 0 Å². The molecule has 1 aromatic rings. The van der Waals surface area contributed by atoms with E-state index in [0.717, 1.165) is 0 Å². The van der Waals surface area contributed by atoms with Crippen molar-refractivity contribution >= 4 is 0 Å². The van der Waals surface area contributed by atoms with Crippen molar-refractivity contribution in [2.24, 2.45) is 0 Å². The molecule has 0 aromatic carbocycles. The number of aliphatic hydroxyl groups is 4. The predicted molar refractivity (Wildman–Crippen MR) is 51.2 cm³/mol. The Balaban J connectivity index is 2.20. The summed E-state index contributed by atoms with van der Waals surface area (Å²) >= 11 is 0. The van der Waals surface area contributed by atoms with Gasteiger partial charge in [0.15, 0.2) is 6.23 Å². The Morgan fingerprint density at radius 1 is 1.19 bits per heavy atom. The second-order valence-corrected chi connectivity index (χ2v) is 3.73. The van der Waals surface area contributed by atoms with Crippen LogP contribution in [0.1, 0.15) is 6.23 Å². The molecule has 90 valence electrons. The summed E-state index contributed by atoms with van der Waals surface area (Å²) in [6.07, 6.45) is -1.24. The normalized spacial score (nSPS) is 39.9. The molecule has 1 aliphatic heterocycles. The summed E-state index contributed by atoms with van der Waals surface area (Å²) in [4.78, 5) is 3.79. The highest BCUT2D eigenvalue weighted by Gasteiger charge is 2.43. The number of imidazole rings is 1. The Hall–Kier alpha value is -0.990. The van der Waals surface area contributed by atoms with Gasteiger partial charge in [-0.2, -0.15) is 0 Å². The molecule has 1 aliphatic rings. The highest BCUT2D eigenvalue weighted by molar-refractivity contribution is 4.92. The van der Waals surface area contributed by atoms with E-state index in [-0.39, 0.29) is 0 Å². The van der Waals surface area contributed by atoms with Crippen LogP contribution >= 0.6 is 0 Å². The average Bonchev–Trinajstić information content (AvgIpc) is 2.80. The number of aromatic nitrogens is 2. The first-order chi connectivity index (χ1) is 7.65. The van der Waals surface area contributed by atoms with Gasteiger partial charge in [0.2, 0.25) is 0 Å². The molecule has 5 atom stereocenters. The van der Waals surface area contributed by atoms with E-state index in [1.54, 1.807) is 6.20 Å². The van der Waals surface area contributed by atoms with Gasteiger partial charge < -0.3 is 29.7 Å². The number of hydrogen-bond donors (Lipinski definition) is 4. The Morgan fingerprint density at radius 2 is 1.94 bits per heavy atom. The molecule has 1 aromatic heterocycles. The zero-order chi connectivity index (χ0) is 11.7. The van der Waals surface area contributed by atoms with Crippen LogP contribution in [0.2, 0.25) is 0 Å². The molecule has 1 fully saturated rings. The van der Waals surface area contributed by atoms with E-state index in [9.17, 15) is 15.3 Å². The maximum atomic E-state index is 9.73. The third-order valence-electron chi connectivity index (χ3n) is 2.69. The van der Waals surface area contributed by atoms with E-state index < -0.39 is 37.3 Å². The van der Waals surface area contributed by atoms with E-state index in [2.05, 4.69) is 4.98 Å². The van der Waals surface area contributed by atoms with Gasteiger partial charge in [-0.1, -0.05) is 0 Å². The molecule has 4 N–H and O–H groups in total. The van der Waals surface area contributed by atoms with Crippen LogP contribution in [-0.2, 0) is 4.74 Å². The fourth-order valence-electron chi connectivity index (χ4n) is 1.75. The Bertz CT molecular complexity index is 329. The van der Waals surface area contributed by atoms with Crippen molar-refractivity contribution in [1.29, 1.82) is 0 Å². The molecule has 0 bridgehead atoms. The summed E-state index contributed by atoms with van der Waals surface area (Å²) in [6.45, 7) is -0.434. The van der Waals surface area contributed by atoms with Gasteiger partial charge in [-0.3, -0.25) is 0 Å². The summed E-state index contributed by atoms with van der Waals surface area (Å²) in [5, 5.41) is 37.8. The minimum atomic E-state index is -1.36. The van der Waals surface area contributed by atoms with Gasteiger partial charge in [-0.15, -0.1) is 0 Å². The van der Waals surface area contributed by atoms with Crippen molar-refractivity contribution in [2.75, 3.05) is 6.61 Å². The molecule has 2 rings (SSSR count). The van der Waals surface area contributed by atoms with Crippen LogP contribution in [0.3, 0.4) is 0 Å². The van der Waals surface area contributed by atoms with E-state index >= 15 is 0 Å². The topological polar surface area (TPSA) is 108 Å². The highest BCUT2D eigenvalue weighted by Crippen LogP contribution is 2.27. The van der Waals surface area contributed by atoms with Crippen molar-refractivity contribution in [3.8, 4) is 0 Å². The van der Waals surface area contributed by atoms with E-state index in [1.165, 1.54) is 17.1 Å². The molecule has 7 nitrogen and oxygen atoms in total. The lowest BCUT2D eigenvalue weighted by Gasteiger charge is -2.40. The first-order valence-corrected chi connectivity index (χ1v) is 4.93. The van der Waals surface area contributed by atoms with Crippen LogP contribution in [0.25, 0.3) is 0 Å². The first-order valence-electron chi connectivity index (χ1n) is 4.93. The van der Waals surface area contributed by atoms with Crippen LogP contribution in [0.15, 0.2) is 18.7 Å². The van der Waals surface area contributed by atoms with E-state index in [4.69, 9.17) is 9.84 Å². The number of aliphatic hydroxyl groups excluding tert-OH is 4. The summed E-state index contributed by atoms with van der Waals surface area (Å²) in [6, 6.07) is 0. The fraction of sp³-hybridized carbons (Fsp3) is 0.667. The van der Waals surface area contributed by atoms with Crippen LogP contribution in [0, 0.1) is 0 Å². The summed E-state index contributed by atoms with van der Waals surface area (Å²) in [5.41, 5.74) is 0. The maximum Gasteiger partial charge on any atom is 0.164 e. The molecule has 0 aliphatic carbocycles. The van der Waals surface area contributed by atoms with E-state index in [0.29, 0.717) is 0 Å². The predicted octanol–water partition coefficient (Wildman–Crippen LogP) is -2.14. The van der Waals surface area contributed by atoms with Gasteiger partial charge in [0.05, 0.1) is 12.9 Å². The molecule has 0 saturated carbocycles. The Morgan fingerprint density at radius 3 is 2.50 bits per heavy atom. The van der Waals surface area contributed by atoms with Crippen LogP contribution < -0.4 is 0 Å². The number of nitrogens with zero attached hydrogens (tertiary/aromatic N) is 2. The molecule has 16 heavy (non-hydrogen) atoms. The van der Waals surface area contributed by atoms with Crippen molar-refractivity contribution < 1.29 is 25.2 Å². The summed E-state index contributed by atoms with van der Waals surface area (Å²) < 4.78 is 6.75. The molecule has 0 unspecified atom stereocenters. The monoisotopic (exact) mass is 230 g/mol. The minimum Gasteiger partial charge on any atom is -0.394 e. The zero-order valence-electron chi connectivity index (χ0n) is 8.42. The lowest BCUT2D eigenvalue weighted by molar-refractivity contribution is -0.251. The summed E-state index contributed by atoms with van der Waals surface area (Å²) in [7, 11) is 0. The number of ether oxygens (including phenoxy) is 1. The molecule has 0 radical (unpaired) electrons. The van der Waals surface area contributed by atoms with Gasteiger partial charge in [-0.25, -0.2) is 4.98 Å². The van der Waals surface area contributed by atoms with Crippen LogP contribution in [0.5, 0.6) is 0 Å². The molecule has 2 heterocycles. The molecule has 0 amide bonds. The highest BCUT2D eigenvalue weighted by atomic mass is 16.6. The minimum absolute atomic E-state index is 0.434. The van der Waals surface area contributed by atoms with Crippen LogP contribution in [-0.4, -0.2) is 61.0 Å². The number of rotatable bonds is 2. The molecule has 1 saturated heterocycles. The van der Waals surface area contributed by atoms with Gasteiger partial charge in [0.25, 0.3) is 0 Å². The maximum absolute atomic E-state index is 9.73. The second kappa shape index (κ2) is 4.48. The Kier molecular flexibility index (Phi) is 3.22. The molecular formula is C9H14N2O5. The quantitative estimate of drug-likeness (QED) is 0.461. The van der Waals surface area contributed by atoms with Crippen molar-refractivity contribution in [3.05, 3.63) is 18.7 Å². The number of hydrogen-bond acceptors (Lipinski definition) is 6. The smallest absolute Gasteiger partial charge is 0.164 e. The summed E-state index contributed by atoms with van der Waals surface area (Å²) in [5.74, 6) is 0. The third kappa shape index (κ3) is 1.83. The second-order valence-electron chi connectivity index (χ2n) is 3.73. The van der Waals surface area contributed by atoms with Crippen molar-refractivity contribution in [2.45, 2.75) is 30.6 Å². The first kappa shape index (κ1) is 11.5. The zero-order valence-corrected chi connectivity index (χ0v) is 8.42. The largest absolute Gasteiger partial charge is 0.394 e. The van der Waals surface area contributed by atoms with Gasteiger partial charge >= 0.3 is 0 Å². The molecule has 7 heteroatoms. The third-order valence-corrected chi connectivity index (χ3v) is 2.69. The lowest BCUT2D eigenvalue weighted by atomic mass is 9.98.